The standard InChI is InChI=1S/C18H22N2OS/c1-14-9-10-17(21-3)16(11-14)13-20(2)18(22)19-12-15-7-5-4-6-8-15/h4-11H,12-13H2,1-3H3,(H,19,22). The maximum atomic E-state index is 5.46. The molecule has 4 heteroatoms. The molecular weight excluding hydrogens is 292 g/mol. The van der Waals surface area contributed by atoms with Gasteiger partial charge < -0.3 is 15.0 Å². The largest absolute Gasteiger partial charge is 0.496 e. The van der Waals surface area contributed by atoms with E-state index in [-0.39, 0.29) is 0 Å². The Labute approximate surface area is 137 Å². The summed E-state index contributed by atoms with van der Waals surface area (Å²) < 4.78 is 5.42. The van der Waals surface area contributed by atoms with Gasteiger partial charge in [0, 0.05) is 25.7 Å². The molecule has 0 spiro atoms. The Morgan fingerprint density at radius 2 is 1.91 bits per heavy atom. The molecule has 2 rings (SSSR count). The number of nitrogens with one attached hydrogen (secondary N) is 1. The number of hydrogen-bond donors (Lipinski definition) is 1. The first-order valence-electron chi connectivity index (χ1n) is 7.26. The second-order valence-corrected chi connectivity index (χ2v) is 5.70. The van der Waals surface area contributed by atoms with Gasteiger partial charge in [-0.2, -0.15) is 0 Å². The Kier molecular flexibility index (Phi) is 5.78. The molecule has 116 valence electrons. The maximum absolute atomic E-state index is 5.46. The fraction of sp³-hybridized carbons (Fsp3) is 0.278. The van der Waals surface area contributed by atoms with E-state index in [0.717, 1.165) is 23.0 Å². The zero-order valence-electron chi connectivity index (χ0n) is 13.3. The first-order chi connectivity index (χ1) is 10.6. The van der Waals surface area contributed by atoms with Gasteiger partial charge in [0.1, 0.15) is 5.75 Å². The van der Waals surface area contributed by atoms with Crippen molar-refractivity contribution in [2.45, 2.75) is 20.0 Å². The topological polar surface area (TPSA) is 24.5 Å². The third kappa shape index (κ3) is 4.46. The van der Waals surface area contributed by atoms with E-state index >= 15 is 0 Å². The number of hydrogen-bond acceptors (Lipinski definition) is 2. The molecule has 3 nitrogen and oxygen atoms in total. The van der Waals surface area contributed by atoms with Crippen molar-refractivity contribution in [2.75, 3.05) is 14.2 Å². The highest BCUT2D eigenvalue weighted by molar-refractivity contribution is 7.80. The third-order valence-electron chi connectivity index (χ3n) is 3.48. The van der Waals surface area contributed by atoms with Gasteiger partial charge in [-0.05, 0) is 30.8 Å². The highest BCUT2D eigenvalue weighted by Gasteiger charge is 2.09. The number of aryl methyl sites for hydroxylation is 1. The Bertz CT molecular complexity index is 628. The molecule has 0 heterocycles. The number of benzene rings is 2. The minimum Gasteiger partial charge on any atom is -0.496 e. The van der Waals surface area contributed by atoms with E-state index in [1.165, 1.54) is 11.1 Å². The van der Waals surface area contributed by atoms with Crippen molar-refractivity contribution in [3.05, 3.63) is 65.2 Å². The van der Waals surface area contributed by atoms with Gasteiger partial charge in [-0.25, -0.2) is 0 Å². The summed E-state index contributed by atoms with van der Waals surface area (Å²) in [7, 11) is 3.68. The molecule has 0 aliphatic rings. The van der Waals surface area contributed by atoms with Crippen LogP contribution in [0.1, 0.15) is 16.7 Å². The summed E-state index contributed by atoms with van der Waals surface area (Å²) in [6.07, 6.45) is 0. The van der Waals surface area contributed by atoms with Crippen molar-refractivity contribution < 1.29 is 4.74 Å². The molecule has 0 saturated heterocycles. The van der Waals surface area contributed by atoms with Crippen LogP contribution in [0.5, 0.6) is 5.75 Å². The van der Waals surface area contributed by atoms with E-state index in [1.54, 1.807) is 7.11 Å². The molecular formula is C18H22N2OS. The van der Waals surface area contributed by atoms with Crippen LogP contribution in [0.2, 0.25) is 0 Å². The number of nitrogens with zero attached hydrogens (tertiary/aromatic N) is 1. The maximum Gasteiger partial charge on any atom is 0.169 e. The van der Waals surface area contributed by atoms with Gasteiger partial charge in [-0.1, -0.05) is 48.0 Å². The van der Waals surface area contributed by atoms with Gasteiger partial charge in [0.15, 0.2) is 5.11 Å². The third-order valence-corrected chi connectivity index (χ3v) is 3.93. The Morgan fingerprint density at radius 1 is 1.18 bits per heavy atom. The van der Waals surface area contributed by atoms with Crippen LogP contribution in [0.15, 0.2) is 48.5 Å². The Morgan fingerprint density at radius 3 is 2.59 bits per heavy atom. The molecule has 0 radical (unpaired) electrons. The Balaban J connectivity index is 1.95. The summed E-state index contributed by atoms with van der Waals surface area (Å²) in [5, 5.41) is 4.02. The van der Waals surface area contributed by atoms with Crippen LogP contribution in [-0.2, 0) is 13.1 Å². The molecule has 0 amide bonds. The summed E-state index contributed by atoms with van der Waals surface area (Å²) in [5.41, 5.74) is 3.56. The van der Waals surface area contributed by atoms with E-state index in [1.807, 2.05) is 42.3 Å². The minimum atomic E-state index is 0.714. The molecule has 0 atom stereocenters. The van der Waals surface area contributed by atoms with Gasteiger partial charge in [0.25, 0.3) is 0 Å². The molecule has 0 aliphatic heterocycles. The van der Waals surface area contributed by atoms with Crippen molar-refractivity contribution in [3.8, 4) is 5.75 Å². The Hall–Kier alpha value is -2.07. The van der Waals surface area contributed by atoms with Gasteiger partial charge in [-0.3, -0.25) is 0 Å². The average Bonchev–Trinajstić information content (AvgIpc) is 2.53. The monoisotopic (exact) mass is 314 g/mol. The second-order valence-electron chi connectivity index (χ2n) is 5.32. The van der Waals surface area contributed by atoms with Crippen LogP contribution >= 0.6 is 12.2 Å². The van der Waals surface area contributed by atoms with Crippen molar-refractivity contribution in [1.29, 1.82) is 0 Å². The summed E-state index contributed by atoms with van der Waals surface area (Å²) in [6.45, 7) is 3.52. The van der Waals surface area contributed by atoms with Crippen molar-refractivity contribution in [1.82, 2.24) is 10.2 Å². The van der Waals surface area contributed by atoms with E-state index in [9.17, 15) is 0 Å². The highest BCUT2D eigenvalue weighted by Crippen LogP contribution is 2.21. The van der Waals surface area contributed by atoms with Gasteiger partial charge in [0.05, 0.1) is 7.11 Å². The molecule has 0 fully saturated rings. The van der Waals surface area contributed by atoms with Crippen LogP contribution in [0.3, 0.4) is 0 Å². The predicted octanol–water partition coefficient (Wildman–Crippen LogP) is 3.51. The number of thiocarbonyl (C=S) groups is 1. The number of rotatable bonds is 5. The van der Waals surface area contributed by atoms with E-state index < -0.39 is 0 Å². The van der Waals surface area contributed by atoms with Crippen LogP contribution in [0.4, 0.5) is 0 Å². The van der Waals surface area contributed by atoms with Crippen LogP contribution in [-0.4, -0.2) is 24.2 Å². The SMILES string of the molecule is COc1ccc(C)cc1CN(C)C(=S)NCc1ccccc1. The average molecular weight is 314 g/mol. The predicted molar refractivity (Wildman–Crippen MR) is 95.1 cm³/mol. The molecule has 0 unspecified atom stereocenters. The fourth-order valence-corrected chi connectivity index (χ4v) is 2.40. The minimum absolute atomic E-state index is 0.714. The van der Waals surface area contributed by atoms with Gasteiger partial charge in [0.2, 0.25) is 0 Å². The first kappa shape index (κ1) is 16.3. The van der Waals surface area contributed by atoms with Crippen LogP contribution < -0.4 is 10.1 Å². The first-order valence-corrected chi connectivity index (χ1v) is 7.67. The van der Waals surface area contributed by atoms with Gasteiger partial charge in [-0.15, -0.1) is 0 Å². The zero-order valence-corrected chi connectivity index (χ0v) is 14.1. The lowest BCUT2D eigenvalue weighted by Gasteiger charge is -2.22. The molecule has 0 saturated carbocycles. The van der Waals surface area contributed by atoms with Crippen molar-refractivity contribution in [2.24, 2.45) is 0 Å². The summed E-state index contributed by atoms with van der Waals surface area (Å²) in [4.78, 5) is 2.02. The number of ether oxygens (including phenoxy) is 1. The smallest absolute Gasteiger partial charge is 0.169 e. The van der Waals surface area contributed by atoms with E-state index in [0.29, 0.717) is 6.54 Å². The van der Waals surface area contributed by atoms with Crippen molar-refractivity contribution in [3.63, 3.8) is 0 Å². The molecule has 0 aromatic heterocycles. The highest BCUT2D eigenvalue weighted by atomic mass is 32.1. The molecule has 2 aromatic rings. The summed E-state index contributed by atoms with van der Waals surface area (Å²) >= 11 is 5.46. The van der Waals surface area contributed by atoms with Gasteiger partial charge >= 0.3 is 0 Å². The fourth-order valence-electron chi connectivity index (χ4n) is 2.27. The van der Waals surface area contributed by atoms with Crippen molar-refractivity contribution >= 4 is 17.3 Å². The lowest BCUT2D eigenvalue weighted by Crippen LogP contribution is -2.36. The molecule has 22 heavy (non-hydrogen) atoms. The number of methoxy groups -OCH3 is 1. The summed E-state index contributed by atoms with van der Waals surface area (Å²) in [5.74, 6) is 0.892. The van der Waals surface area contributed by atoms with Crippen LogP contribution in [0, 0.1) is 6.92 Å². The van der Waals surface area contributed by atoms with E-state index in [2.05, 4.69) is 30.4 Å². The quantitative estimate of drug-likeness (QED) is 0.854. The molecule has 0 aliphatic carbocycles. The molecule has 0 bridgehead atoms. The molecule has 1 N–H and O–H groups in total. The lowest BCUT2D eigenvalue weighted by atomic mass is 10.1. The lowest BCUT2D eigenvalue weighted by molar-refractivity contribution is 0.397. The van der Waals surface area contributed by atoms with E-state index in [4.69, 9.17) is 17.0 Å². The normalized spacial score (nSPS) is 10.1. The second kappa shape index (κ2) is 7.80. The molecule has 2 aromatic carbocycles. The zero-order chi connectivity index (χ0) is 15.9. The van der Waals surface area contributed by atoms with Crippen LogP contribution in [0.25, 0.3) is 0 Å². The summed E-state index contributed by atoms with van der Waals surface area (Å²) in [6, 6.07) is 16.4.